The minimum Gasteiger partial charge on any atom is -0.343 e. The van der Waals surface area contributed by atoms with Crippen LogP contribution in [0.2, 0.25) is 10.0 Å². The van der Waals surface area contributed by atoms with E-state index < -0.39 is 0 Å². The highest BCUT2D eigenvalue weighted by Gasteiger charge is 2.12. The largest absolute Gasteiger partial charge is 0.343 e. The van der Waals surface area contributed by atoms with Crippen LogP contribution in [0.15, 0.2) is 84.1 Å². The molecule has 0 fully saturated rings. The highest BCUT2D eigenvalue weighted by Crippen LogP contribution is 2.28. The Kier molecular flexibility index (Phi) is 7.16. The number of aromatic nitrogens is 5. The molecule has 6 nitrogen and oxygen atoms in total. The summed E-state index contributed by atoms with van der Waals surface area (Å²) in [6.07, 6.45) is 2.18. The summed E-state index contributed by atoms with van der Waals surface area (Å²) in [6, 6.07) is 23.9. The molecule has 0 amide bonds. The summed E-state index contributed by atoms with van der Waals surface area (Å²) in [7, 11) is 0. The van der Waals surface area contributed by atoms with E-state index in [0.717, 1.165) is 40.8 Å². The van der Waals surface area contributed by atoms with Gasteiger partial charge in [-0.3, -0.25) is 0 Å². The van der Waals surface area contributed by atoms with Crippen molar-refractivity contribution in [3.8, 4) is 5.69 Å². The van der Waals surface area contributed by atoms with Gasteiger partial charge in [-0.15, -0.1) is 5.10 Å². The second-order valence-corrected chi connectivity index (χ2v) is 9.61. The highest BCUT2D eigenvalue weighted by molar-refractivity contribution is 7.99. The third-order valence-electron chi connectivity index (χ3n) is 5.53. The maximum absolute atomic E-state index is 6.42. The highest BCUT2D eigenvalue weighted by atomic mass is 35.5. The van der Waals surface area contributed by atoms with Crippen molar-refractivity contribution in [3.05, 3.63) is 100 Å². The van der Waals surface area contributed by atoms with Crippen LogP contribution < -0.4 is 5.32 Å². The number of hydrogen-bond acceptors (Lipinski definition) is 5. The van der Waals surface area contributed by atoms with Crippen LogP contribution in [0.1, 0.15) is 11.1 Å². The minimum absolute atomic E-state index is 0.622. The van der Waals surface area contributed by atoms with E-state index in [4.69, 9.17) is 23.2 Å². The smallest absolute Gasteiger partial charge is 0.214 e. The van der Waals surface area contributed by atoms with Gasteiger partial charge < -0.3 is 9.88 Å². The van der Waals surface area contributed by atoms with Gasteiger partial charge in [0.1, 0.15) is 0 Å². The molecule has 0 radical (unpaired) electrons. The van der Waals surface area contributed by atoms with Crippen molar-refractivity contribution in [2.45, 2.75) is 18.2 Å². The Hall–Kier alpha value is -2.84. The molecule has 1 N–H and O–H groups in total. The maximum Gasteiger partial charge on any atom is 0.214 e. The lowest BCUT2D eigenvalue weighted by Gasteiger charge is -2.09. The Labute approximate surface area is 211 Å². The number of tetrazole rings is 1. The molecule has 5 rings (SSSR count). The lowest BCUT2D eigenvalue weighted by Crippen LogP contribution is -2.16. The van der Waals surface area contributed by atoms with Crippen LogP contribution in [0.25, 0.3) is 16.6 Å². The van der Waals surface area contributed by atoms with Crippen LogP contribution in [0.5, 0.6) is 0 Å². The number of fused-ring (bicyclic) bond motifs is 1. The van der Waals surface area contributed by atoms with Gasteiger partial charge in [-0.25, -0.2) is 0 Å². The molecule has 3 aromatic carbocycles. The predicted molar refractivity (Wildman–Crippen MR) is 139 cm³/mol. The van der Waals surface area contributed by atoms with E-state index in [1.54, 1.807) is 16.4 Å². The summed E-state index contributed by atoms with van der Waals surface area (Å²) in [5.74, 6) is 0.848. The van der Waals surface area contributed by atoms with Crippen molar-refractivity contribution in [1.29, 1.82) is 0 Å². The fourth-order valence-electron chi connectivity index (χ4n) is 3.89. The topological polar surface area (TPSA) is 60.6 Å². The van der Waals surface area contributed by atoms with Crippen molar-refractivity contribution >= 4 is 45.9 Å². The van der Waals surface area contributed by atoms with Crippen molar-refractivity contribution in [2.75, 3.05) is 12.3 Å². The number of nitrogens with zero attached hydrogens (tertiary/aromatic N) is 5. The minimum atomic E-state index is 0.622. The van der Waals surface area contributed by atoms with Gasteiger partial charge in [0, 0.05) is 51.6 Å². The Bertz CT molecular complexity index is 1380. The third kappa shape index (κ3) is 4.98. The molecule has 9 heteroatoms. The van der Waals surface area contributed by atoms with Crippen LogP contribution in [0.3, 0.4) is 0 Å². The van der Waals surface area contributed by atoms with Crippen LogP contribution >= 0.6 is 35.0 Å². The monoisotopic (exact) mass is 508 g/mol. The normalized spacial score (nSPS) is 11.4. The Morgan fingerprint density at radius 1 is 0.882 bits per heavy atom. The molecular formula is C25H22Cl2N6S. The third-order valence-corrected chi connectivity index (χ3v) is 7.16. The van der Waals surface area contributed by atoms with E-state index in [0.29, 0.717) is 16.6 Å². The molecule has 172 valence electrons. The van der Waals surface area contributed by atoms with Gasteiger partial charge in [0.15, 0.2) is 0 Å². The van der Waals surface area contributed by atoms with Gasteiger partial charge in [-0.1, -0.05) is 77.4 Å². The number of thioether (sulfide) groups is 1. The number of hydrogen-bond donors (Lipinski definition) is 1. The second-order valence-electron chi connectivity index (χ2n) is 7.73. The van der Waals surface area contributed by atoms with E-state index in [1.165, 1.54) is 10.9 Å². The van der Waals surface area contributed by atoms with Crippen LogP contribution in [-0.2, 0) is 13.1 Å². The molecule has 0 aliphatic carbocycles. The van der Waals surface area contributed by atoms with Crippen LogP contribution in [-0.4, -0.2) is 37.1 Å². The van der Waals surface area contributed by atoms with Gasteiger partial charge >= 0.3 is 0 Å². The van der Waals surface area contributed by atoms with Crippen LogP contribution in [0.4, 0.5) is 0 Å². The summed E-state index contributed by atoms with van der Waals surface area (Å²) < 4.78 is 3.97. The summed E-state index contributed by atoms with van der Waals surface area (Å²) in [4.78, 5) is 0. The summed E-state index contributed by atoms with van der Waals surface area (Å²) >= 11 is 14.5. The van der Waals surface area contributed by atoms with E-state index in [9.17, 15) is 0 Å². The molecule has 34 heavy (non-hydrogen) atoms. The molecule has 0 saturated carbocycles. The van der Waals surface area contributed by atoms with Crippen LogP contribution in [0, 0.1) is 0 Å². The molecule has 0 bridgehead atoms. The van der Waals surface area contributed by atoms with Gasteiger partial charge in [-0.2, -0.15) is 4.68 Å². The average Bonchev–Trinajstić information content (AvgIpc) is 3.47. The zero-order chi connectivity index (χ0) is 23.3. The molecule has 0 saturated heterocycles. The molecule has 0 aliphatic rings. The number of para-hydroxylation sites is 2. The molecule has 5 aromatic rings. The molecule has 0 aliphatic heterocycles. The van der Waals surface area contributed by atoms with Gasteiger partial charge in [-0.05, 0) is 46.3 Å². The first-order chi connectivity index (χ1) is 16.7. The fraction of sp³-hybridized carbons (Fsp3) is 0.160. The zero-order valence-electron chi connectivity index (χ0n) is 18.2. The number of nitrogens with one attached hydrogen (secondary N) is 1. The van der Waals surface area contributed by atoms with Crippen molar-refractivity contribution in [1.82, 2.24) is 30.1 Å². The first kappa shape index (κ1) is 22.9. The fourth-order valence-corrected chi connectivity index (χ4v) is 5.19. The SMILES string of the molecule is Clc1cccc(Cl)c1Cn1cc(CNCCSc2nnnn2-c2ccccc2)c2ccccc21. The summed E-state index contributed by atoms with van der Waals surface area (Å²) in [6.45, 7) is 2.20. The van der Waals surface area contributed by atoms with Crippen molar-refractivity contribution in [2.24, 2.45) is 0 Å². The first-order valence-corrected chi connectivity index (χ1v) is 12.6. The quantitative estimate of drug-likeness (QED) is 0.199. The van der Waals surface area contributed by atoms with Gasteiger partial charge in [0.05, 0.1) is 12.2 Å². The molecule has 2 aromatic heterocycles. The summed E-state index contributed by atoms with van der Waals surface area (Å²) in [5, 5.41) is 19.0. The molecule has 2 heterocycles. The number of halogens is 2. The van der Waals surface area contributed by atoms with Crippen molar-refractivity contribution < 1.29 is 0 Å². The average molecular weight is 509 g/mol. The van der Waals surface area contributed by atoms with E-state index >= 15 is 0 Å². The summed E-state index contributed by atoms with van der Waals surface area (Å²) in [5.41, 5.74) is 4.28. The first-order valence-electron chi connectivity index (χ1n) is 10.9. The van der Waals surface area contributed by atoms with Crippen molar-refractivity contribution in [3.63, 3.8) is 0 Å². The van der Waals surface area contributed by atoms with E-state index in [-0.39, 0.29) is 0 Å². The zero-order valence-corrected chi connectivity index (χ0v) is 20.6. The lowest BCUT2D eigenvalue weighted by atomic mass is 10.2. The maximum atomic E-state index is 6.42. The standard InChI is InChI=1S/C25H22Cl2N6S/c26-22-10-6-11-23(27)21(22)17-32-16-18(20-9-4-5-12-24(20)32)15-28-13-14-34-25-29-30-31-33(25)19-7-2-1-3-8-19/h1-12,16,28H,13-15,17H2. The second kappa shape index (κ2) is 10.6. The molecular weight excluding hydrogens is 487 g/mol. The predicted octanol–water partition coefficient (Wildman–Crippen LogP) is 5.85. The Morgan fingerprint density at radius 2 is 1.65 bits per heavy atom. The van der Waals surface area contributed by atoms with E-state index in [2.05, 4.69) is 55.9 Å². The molecule has 0 unspecified atom stereocenters. The van der Waals surface area contributed by atoms with Gasteiger partial charge in [0.25, 0.3) is 0 Å². The van der Waals surface area contributed by atoms with Gasteiger partial charge in [0.2, 0.25) is 5.16 Å². The lowest BCUT2D eigenvalue weighted by molar-refractivity contribution is 0.725. The number of benzene rings is 3. The Balaban J connectivity index is 1.23. The number of rotatable bonds is 9. The molecule has 0 atom stereocenters. The molecule has 0 spiro atoms. The Morgan fingerprint density at radius 3 is 2.47 bits per heavy atom. The van der Waals surface area contributed by atoms with E-state index in [1.807, 2.05) is 48.5 Å².